The van der Waals surface area contributed by atoms with Crippen molar-refractivity contribution in [1.82, 2.24) is 5.32 Å². The first-order valence-corrected chi connectivity index (χ1v) is 8.13. The molecule has 0 spiro atoms. The maximum absolute atomic E-state index is 12.5. The molecule has 5 heteroatoms. The molecule has 25 heavy (non-hydrogen) atoms. The van der Waals surface area contributed by atoms with Crippen LogP contribution in [0.3, 0.4) is 0 Å². The lowest BCUT2D eigenvalue weighted by Gasteiger charge is -2.23. The highest BCUT2D eigenvalue weighted by Gasteiger charge is 2.27. The number of rotatable bonds is 7. The Balaban J connectivity index is 2.20. The summed E-state index contributed by atoms with van der Waals surface area (Å²) in [5.41, 5.74) is 2.57. The van der Waals surface area contributed by atoms with Crippen molar-refractivity contribution < 1.29 is 19.4 Å². The normalized spacial score (nSPS) is 12.9. The smallest absolute Gasteiger partial charge is 0.308 e. The monoisotopic (exact) mass is 341 g/mol. The maximum atomic E-state index is 12.5. The summed E-state index contributed by atoms with van der Waals surface area (Å²) < 4.78 is 5.30. The van der Waals surface area contributed by atoms with Gasteiger partial charge in [-0.1, -0.05) is 48.0 Å². The molecule has 2 aromatic carbocycles. The van der Waals surface area contributed by atoms with Gasteiger partial charge in [0, 0.05) is 5.56 Å². The van der Waals surface area contributed by atoms with Crippen molar-refractivity contribution in [2.75, 3.05) is 7.11 Å². The van der Waals surface area contributed by atoms with E-state index in [2.05, 4.69) is 5.32 Å². The SMILES string of the molecule is COc1ccc(C)cc1CC(=O)NC(c1ccccc1)C(C)C(=O)O. The van der Waals surface area contributed by atoms with Gasteiger partial charge in [-0.15, -0.1) is 0 Å². The van der Waals surface area contributed by atoms with E-state index in [1.807, 2.05) is 55.5 Å². The number of carbonyl (C=O) groups excluding carboxylic acids is 1. The van der Waals surface area contributed by atoms with Crippen molar-refractivity contribution in [2.24, 2.45) is 5.92 Å². The summed E-state index contributed by atoms with van der Waals surface area (Å²) in [6.45, 7) is 3.54. The number of ether oxygens (including phenoxy) is 1. The van der Waals surface area contributed by atoms with E-state index in [0.29, 0.717) is 5.75 Å². The van der Waals surface area contributed by atoms with Crippen LogP contribution in [-0.2, 0) is 16.0 Å². The van der Waals surface area contributed by atoms with Gasteiger partial charge in [-0.05, 0) is 25.5 Å². The summed E-state index contributed by atoms with van der Waals surface area (Å²) in [7, 11) is 1.56. The van der Waals surface area contributed by atoms with Crippen molar-refractivity contribution in [2.45, 2.75) is 26.3 Å². The third-order valence-electron chi connectivity index (χ3n) is 4.15. The van der Waals surface area contributed by atoms with Crippen molar-refractivity contribution in [3.8, 4) is 5.75 Å². The Labute approximate surface area is 147 Å². The molecule has 5 nitrogen and oxygen atoms in total. The molecule has 0 saturated carbocycles. The van der Waals surface area contributed by atoms with Crippen molar-refractivity contribution >= 4 is 11.9 Å². The highest BCUT2D eigenvalue weighted by Crippen LogP contribution is 2.24. The highest BCUT2D eigenvalue weighted by atomic mass is 16.5. The Hall–Kier alpha value is -2.82. The van der Waals surface area contributed by atoms with E-state index in [1.165, 1.54) is 0 Å². The van der Waals surface area contributed by atoms with Gasteiger partial charge in [0.15, 0.2) is 0 Å². The molecule has 0 aromatic heterocycles. The second kappa shape index (κ2) is 8.33. The number of carboxylic acid groups (broad SMARTS) is 1. The molecule has 2 aromatic rings. The second-order valence-electron chi connectivity index (χ2n) is 6.07. The van der Waals surface area contributed by atoms with Crippen LogP contribution >= 0.6 is 0 Å². The highest BCUT2D eigenvalue weighted by molar-refractivity contribution is 5.81. The molecule has 2 atom stereocenters. The van der Waals surface area contributed by atoms with E-state index in [-0.39, 0.29) is 12.3 Å². The van der Waals surface area contributed by atoms with E-state index in [0.717, 1.165) is 16.7 Å². The molecule has 0 aliphatic heterocycles. The molecule has 0 aliphatic rings. The summed E-state index contributed by atoms with van der Waals surface area (Å²) in [5, 5.41) is 12.2. The van der Waals surface area contributed by atoms with Gasteiger partial charge in [0.25, 0.3) is 0 Å². The van der Waals surface area contributed by atoms with E-state index in [9.17, 15) is 14.7 Å². The number of carbonyl (C=O) groups is 2. The van der Waals surface area contributed by atoms with Crippen LogP contribution in [0.15, 0.2) is 48.5 Å². The minimum absolute atomic E-state index is 0.126. The molecule has 132 valence electrons. The van der Waals surface area contributed by atoms with E-state index in [1.54, 1.807) is 14.0 Å². The number of aryl methyl sites for hydroxylation is 1. The van der Waals surface area contributed by atoms with E-state index >= 15 is 0 Å². The first-order chi connectivity index (χ1) is 11.9. The first-order valence-electron chi connectivity index (χ1n) is 8.13. The molecule has 2 rings (SSSR count). The summed E-state index contributed by atoms with van der Waals surface area (Å²) >= 11 is 0. The Bertz CT molecular complexity index is 743. The number of hydrogen-bond acceptors (Lipinski definition) is 3. The zero-order valence-corrected chi connectivity index (χ0v) is 14.7. The van der Waals surface area contributed by atoms with Crippen LogP contribution in [0.1, 0.15) is 29.7 Å². The first kappa shape index (κ1) is 18.5. The van der Waals surface area contributed by atoms with Crippen LogP contribution in [0.25, 0.3) is 0 Å². The fraction of sp³-hybridized carbons (Fsp3) is 0.300. The summed E-state index contributed by atoms with van der Waals surface area (Å²) in [4.78, 5) is 24.0. The summed E-state index contributed by atoms with van der Waals surface area (Å²) in [6.07, 6.45) is 0.126. The maximum Gasteiger partial charge on any atom is 0.308 e. The molecule has 0 fully saturated rings. The largest absolute Gasteiger partial charge is 0.496 e. The minimum atomic E-state index is -0.956. The van der Waals surface area contributed by atoms with Gasteiger partial charge < -0.3 is 15.2 Å². The molecular formula is C20H23NO4. The molecule has 0 saturated heterocycles. The van der Waals surface area contributed by atoms with Crippen LogP contribution in [0.4, 0.5) is 0 Å². The predicted octanol–water partition coefficient (Wildman–Crippen LogP) is 3.12. The Morgan fingerprint density at radius 2 is 1.84 bits per heavy atom. The van der Waals surface area contributed by atoms with Crippen LogP contribution in [-0.4, -0.2) is 24.1 Å². The molecule has 0 radical (unpaired) electrons. The minimum Gasteiger partial charge on any atom is -0.496 e. The third-order valence-corrected chi connectivity index (χ3v) is 4.15. The van der Waals surface area contributed by atoms with Gasteiger partial charge in [0.2, 0.25) is 5.91 Å². The fourth-order valence-corrected chi connectivity index (χ4v) is 2.74. The average Bonchev–Trinajstić information content (AvgIpc) is 2.60. The van der Waals surface area contributed by atoms with Crippen molar-refractivity contribution in [3.05, 3.63) is 65.2 Å². The lowest BCUT2D eigenvalue weighted by atomic mass is 9.94. The van der Waals surface area contributed by atoms with Crippen LogP contribution in [0.2, 0.25) is 0 Å². The molecule has 2 unspecified atom stereocenters. The van der Waals surface area contributed by atoms with Gasteiger partial charge in [-0.25, -0.2) is 0 Å². The Morgan fingerprint density at radius 1 is 1.16 bits per heavy atom. The van der Waals surface area contributed by atoms with Gasteiger partial charge in [0.1, 0.15) is 5.75 Å². The van der Waals surface area contributed by atoms with E-state index < -0.39 is 17.9 Å². The number of aliphatic carboxylic acids is 1. The number of hydrogen-bond donors (Lipinski definition) is 2. The standard InChI is InChI=1S/C20H23NO4/c1-13-9-10-17(25-3)16(11-13)12-18(22)21-19(14(2)20(23)24)15-7-5-4-6-8-15/h4-11,14,19H,12H2,1-3H3,(H,21,22)(H,23,24). The van der Waals surface area contributed by atoms with Gasteiger partial charge in [-0.2, -0.15) is 0 Å². The van der Waals surface area contributed by atoms with Gasteiger partial charge in [0.05, 0.1) is 25.5 Å². The Morgan fingerprint density at radius 3 is 2.44 bits per heavy atom. The van der Waals surface area contributed by atoms with Crippen LogP contribution in [0, 0.1) is 12.8 Å². The predicted molar refractivity (Wildman–Crippen MR) is 95.6 cm³/mol. The number of carboxylic acids is 1. The summed E-state index contributed by atoms with van der Waals surface area (Å²) in [6, 6.07) is 14.2. The molecule has 0 bridgehead atoms. The number of nitrogens with one attached hydrogen (secondary N) is 1. The van der Waals surface area contributed by atoms with E-state index in [4.69, 9.17) is 4.74 Å². The fourth-order valence-electron chi connectivity index (χ4n) is 2.74. The topological polar surface area (TPSA) is 75.6 Å². The molecule has 1 amide bonds. The zero-order chi connectivity index (χ0) is 18.4. The molecule has 0 heterocycles. The second-order valence-corrected chi connectivity index (χ2v) is 6.07. The zero-order valence-electron chi connectivity index (χ0n) is 14.7. The van der Waals surface area contributed by atoms with Gasteiger partial charge in [-0.3, -0.25) is 9.59 Å². The third kappa shape index (κ3) is 4.83. The quantitative estimate of drug-likeness (QED) is 0.811. The Kier molecular flexibility index (Phi) is 6.17. The number of methoxy groups -OCH3 is 1. The number of benzene rings is 2. The summed E-state index contributed by atoms with van der Waals surface area (Å²) in [5.74, 6) is -1.30. The number of amides is 1. The van der Waals surface area contributed by atoms with Gasteiger partial charge >= 0.3 is 5.97 Å². The molecule has 2 N–H and O–H groups in total. The van der Waals surface area contributed by atoms with Crippen LogP contribution in [0.5, 0.6) is 5.75 Å². The molecular weight excluding hydrogens is 318 g/mol. The van der Waals surface area contributed by atoms with Crippen LogP contribution < -0.4 is 10.1 Å². The molecule has 0 aliphatic carbocycles. The lowest BCUT2D eigenvalue weighted by Crippen LogP contribution is -2.36. The average molecular weight is 341 g/mol. The van der Waals surface area contributed by atoms with Crippen molar-refractivity contribution in [3.63, 3.8) is 0 Å². The van der Waals surface area contributed by atoms with Crippen molar-refractivity contribution in [1.29, 1.82) is 0 Å². The lowest BCUT2D eigenvalue weighted by molar-refractivity contribution is -0.142.